The van der Waals surface area contributed by atoms with E-state index in [1.165, 1.54) is 22.3 Å². The maximum Gasteiger partial charge on any atom is 0.277 e. The maximum atomic E-state index is 12.2. The summed E-state index contributed by atoms with van der Waals surface area (Å²) in [7, 11) is 1.70. The maximum absolute atomic E-state index is 12.2. The highest BCUT2D eigenvalue weighted by atomic mass is 32.1. The summed E-state index contributed by atoms with van der Waals surface area (Å²) in [5.74, 6) is 1.44. The van der Waals surface area contributed by atoms with Gasteiger partial charge in [-0.15, -0.1) is 11.3 Å². The van der Waals surface area contributed by atoms with E-state index in [0.717, 1.165) is 10.6 Å². The lowest BCUT2D eigenvalue weighted by Gasteiger charge is -2.01. The van der Waals surface area contributed by atoms with Crippen LogP contribution in [0.15, 0.2) is 29.9 Å². The van der Waals surface area contributed by atoms with Gasteiger partial charge in [-0.1, -0.05) is 0 Å². The van der Waals surface area contributed by atoms with Gasteiger partial charge in [0.25, 0.3) is 5.91 Å². The Labute approximate surface area is 134 Å². The monoisotopic (exact) mass is 329 g/mol. The third-order valence-corrected chi connectivity index (χ3v) is 4.18. The minimum absolute atomic E-state index is 0.224. The molecule has 0 saturated heterocycles. The molecular weight excluding hydrogens is 318 g/mol. The van der Waals surface area contributed by atoms with E-state index in [2.05, 4.69) is 20.4 Å². The molecule has 0 spiro atoms. The first kappa shape index (κ1) is 13.7. The molecule has 9 heteroatoms. The smallest absolute Gasteiger partial charge is 0.277 e. The Bertz CT molecular complexity index is 888. The van der Waals surface area contributed by atoms with E-state index in [9.17, 15) is 4.79 Å². The Balaban J connectivity index is 1.57. The molecule has 116 valence electrons. The van der Waals surface area contributed by atoms with Crippen LogP contribution in [0.5, 0.6) is 11.5 Å². The highest BCUT2D eigenvalue weighted by Crippen LogP contribution is 2.36. The van der Waals surface area contributed by atoms with Crippen LogP contribution in [0.2, 0.25) is 0 Å². The molecule has 0 unspecified atom stereocenters. The molecule has 3 aromatic rings. The average Bonchev–Trinajstić information content (AvgIpc) is 3.27. The van der Waals surface area contributed by atoms with Gasteiger partial charge in [0.2, 0.25) is 12.7 Å². The largest absolute Gasteiger partial charge is 0.454 e. The SMILES string of the molecule is Cn1ncnc1NC(=O)c1csc(-c2ccc3c(c2)OCO3)n1. The number of carbonyl (C=O) groups excluding carboxylic acids is 1. The third-order valence-electron chi connectivity index (χ3n) is 3.29. The number of nitrogens with zero attached hydrogens (tertiary/aromatic N) is 4. The number of nitrogens with one attached hydrogen (secondary N) is 1. The van der Waals surface area contributed by atoms with Crippen molar-refractivity contribution in [2.45, 2.75) is 0 Å². The number of fused-ring (bicyclic) bond motifs is 1. The lowest BCUT2D eigenvalue weighted by Crippen LogP contribution is -2.15. The molecule has 0 fully saturated rings. The lowest BCUT2D eigenvalue weighted by atomic mass is 10.2. The number of anilines is 1. The van der Waals surface area contributed by atoms with Gasteiger partial charge in [-0.3, -0.25) is 10.1 Å². The molecule has 2 aromatic heterocycles. The molecule has 0 aliphatic carbocycles. The van der Waals surface area contributed by atoms with Crippen LogP contribution in [0.1, 0.15) is 10.5 Å². The van der Waals surface area contributed by atoms with E-state index in [1.807, 2.05) is 18.2 Å². The average molecular weight is 329 g/mol. The number of ether oxygens (including phenoxy) is 2. The summed E-state index contributed by atoms with van der Waals surface area (Å²) in [6.07, 6.45) is 1.37. The first-order valence-electron chi connectivity index (χ1n) is 6.71. The van der Waals surface area contributed by atoms with Gasteiger partial charge in [0.05, 0.1) is 0 Å². The number of carbonyl (C=O) groups is 1. The van der Waals surface area contributed by atoms with Crippen LogP contribution >= 0.6 is 11.3 Å². The van der Waals surface area contributed by atoms with Crippen LogP contribution in [0.25, 0.3) is 10.6 Å². The first-order valence-corrected chi connectivity index (χ1v) is 7.59. The number of thiazole rings is 1. The summed E-state index contributed by atoms with van der Waals surface area (Å²) in [6, 6.07) is 5.57. The predicted molar refractivity (Wildman–Crippen MR) is 82.6 cm³/mol. The van der Waals surface area contributed by atoms with Crippen LogP contribution in [-0.4, -0.2) is 32.4 Å². The van der Waals surface area contributed by atoms with Crippen molar-refractivity contribution in [2.24, 2.45) is 7.05 Å². The number of aryl methyl sites for hydroxylation is 1. The van der Waals surface area contributed by atoms with Gasteiger partial charge in [-0.25, -0.2) is 9.67 Å². The van der Waals surface area contributed by atoms with Crippen LogP contribution in [0, 0.1) is 0 Å². The van der Waals surface area contributed by atoms with Crippen molar-refractivity contribution < 1.29 is 14.3 Å². The van der Waals surface area contributed by atoms with Gasteiger partial charge in [0.1, 0.15) is 17.0 Å². The molecule has 8 nitrogen and oxygen atoms in total. The second-order valence-corrected chi connectivity index (χ2v) is 5.63. The quantitative estimate of drug-likeness (QED) is 0.789. The van der Waals surface area contributed by atoms with Gasteiger partial charge >= 0.3 is 0 Å². The van der Waals surface area contributed by atoms with E-state index in [0.29, 0.717) is 23.1 Å². The molecule has 4 rings (SSSR count). The van der Waals surface area contributed by atoms with E-state index in [-0.39, 0.29) is 12.7 Å². The van der Waals surface area contributed by atoms with E-state index in [1.54, 1.807) is 12.4 Å². The zero-order chi connectivity index (χ0) is 15.8. The minimum atomic E-state index is -0.329. The fraction of sp³-hybridized carbons (Fsp3) is 0.143. The van der Waals surface area contributed by atoms with E-state index < -0.39 is 0 Å². The van der Waals surface area contributed by atoms with Crippen molar-refractivity contribution >= 4 is 23.2 Å². The van der Waals surface area contributed by atoms with Gasteiger partial charge < -0.3 is 9.47 Å². The molecule has 1 amide bonds. The second-order valence-electron chi connectivity index (χ2n) is 4.77. The fourth-order valence-corrected chi connectivity index (χ4v) is 2.91. The summed E-state index contributed by atoms with van der Waals surface area (Å²) in [5, 5.41) is 8.99. The third kappa shape index (κ3) is 2.50. The predicted octanol–water partition coefficient (Wildman–Crippen LogP) is 1.92. The Kier molecular flexibility index (Phi) is 3.19. The Hall–Kier alpha value is -2.94. The zero-order valence-electron chi connectivity index (χ0n) is 12.0. The Morgan fingerprint density at radius 1 is 1.35 bits per heavy atom. The molecule has 1 aliphatic rings. The van der Waals surface area contributed by atoms with Gasteiger partial charge in [0, 0.05) is 18.0 Å². The second kappa shape index (κ2) is 5.36. The minimum Gasteiger partial charge on any atom is -0.454 e. The lowest BCUT2D eigenvalue weighted by molar-refractivity contribution is 0.102. The van der Waals surface area contributed by atoms with Crippen molar-refractivity contribution in [1.29, 1.82) is 0 Å². The summed E-state index contributed by atoms with van der Waals surface area (Å²) >= 11 is 1.38. The molecule has 0 saturated carbocycles. The highest BCUT2D eigenvalue weighted by molar-refractivity contribution is 7.13. The molecule has 0 atom stereocenters. The number of amides is 1. The number of hydrogen-bond acceptors (Lipinski definition) is 7. The summed E-state index contributed by atoms with van der Waals surface area (Å²) < 4.78 is 12.1. The molecule has 3 heterocycles. The van der Waals surface area contributed by atoms with E-state index >= 15 is 0 Å². The molecule has 0 radical (unpaired) electrons. The standard InChI is InChI=1S/C14H11N5O3S/c1-19-14(15-6-16-19)18-12(20)9-5-23-13(17-9)8-2-3-10-11(4-8)22-7-21-10/h2-6H,7H2,1H3,(H,15,16,18,20). The number of hydrogen-bond donors (Lipinski definition) is 1. The highest BCUT2D eigenvalue weighted by Gasteiger charge is 2.17. The number of rotatable bonds is 3. The van der Waals surface area contributed by atoms with Gasteiger partial charge in [0.15, 0.2) is 11.5 Å². The zero-order valence-corrected chi connectivity index (χ0v) is 12.8. The summed E-state index contributed by atoms with van der Waals surface area (Å²) in [5.41, 5.74) is 1.20. The van der Waals surface area contributed by atoms with Crippen LogP contribution in [0.4, 0.5) is 5.95 Å². The van der Waals surface area contributed by atoms with Crippen molar-refractivity contribution in [1.82, 2.24) is 19.7 Å². The van der Waals surface area contributed by atoms with Crippen LogP contribution in [-0.2, 0) is 7.05 Å². The molecular formula is C14H11N5O3S. The van der Waals surface area contributed by atoms with Crippen LogP contribution < -0.4 is 14.8 Å². The molecule has 23 heavy (non-hydrogen) atoms. The molecule has 1 aromatic carbocycles. The normalized spacial score (nSPS) is 12.4. The molecule has 1 aliphatic heterocycles. The molecule has 0 bridgehead atoms. The fourth-order valence-electron chi connectivity index (χ4n) is 2.12. The van der Waals surface area contributed by atoms with Gasteiger partial charge in [-0.2, -0.15) is 10.1 Å². The number of aromatic nitrogens is 4. The topological polar surface area (TPSA) is 91.2 Å². The van der Waals surface area contributed by atoms with Gasteiger partial charge in [-0.05, 0) is 18.2 Å². The Morgan fingerprint density at radius 2 is 2.22 bits per heavy atom. The van der Waals surface area contributed by atoms with Crippen molar-refractivity contribution in [3.8, 4) is 22.1 Å². The first-order chi connectivity index (χ1) is 11.2. The molecule has 1 N–H and O–H groups in total. The van der Waals surface area contributed by atoms with Crippen molar-refractivity contribution in [3.63, 3.8) is 0 Å². The van der Waals surface area contributed by atoms with Crippen LogP contribution in [0.3, 0.4) is 0 Å². The summed E-state index contributed by atoms with van der Waals surface area (Å²) in [4.78, 5) is 20.5. The van der Waals surface area contributed by atoms with Crippen molar-refractivity contribution in [3.05, 3.63) is 35.6 Å². The Morgan fingerprint density at radius 3 is 3.04 bits per heavy atom. The van der Waals surface area contributed by atoms with E-state index in [4.69, 9.17) is 9.47 Å². The van der Waals surface area contributed by atoms with Crippen molar-refractivity contribution in [2.75, 3.05) is 12.1 Å². The number of benzene rings is 1. The summed E-state index contributed by atoms with van der Waals surface area (Å²) in [6.45, 7) is 0.224.